The van der Waals surface area contributed by atoms with Gasteiger partial charge in [0.15, 0.2) is 11.4 Å². The smallest absolute Gasteiger partial charge is 0.341 e. The van der Waals surface area contributed by atoms with Gasteiger partial charge in [-0.15, -0.1) is 11.3 Å². The van der Waals surface area contributed by atoms with Gasteiger partial charge < -0.3 is 4.90 Å². The second kappa shape index (κ2) is 7.07. The fourth-order valence-electron chi connectivity index (χ4n) is 2.94. The third kappa shape index (κ3) is 3.88. The fraction of sp³-hybridized carbons (Fsp3) is 0.500. The van der Waals surface area contributed by atoms with Gasteiger partial charge in [-0.3, -0.25) is 9.48 Å². The Kier molecular flexibility index (Phi) is 5.00. The molecule has 1 amide bonds. The van der Waals surface area contributed by atoms with E-state index in [0.717, 1.165) is 28.6 Å². The molecule has 1 aliphatic heterocycles. The van der Waals surface area contributed by atoms with Crippen molar-refractivity contribution in [2.75, 3.05) is 13.1 Å². The van der Waals surface area contributed by atoms with Gasteiger partial charge in [-0.05, 0) is 25.8 Å². The molecule has 0 unspecified atom stereocenters. The molecule has 0 radical (unpaired) electrons. The molecule has 10 heteroatoms. The van der Waals surface area contributed by atoms with Crippen molar-refractivity contribution in [3.8, 4) is 6.07 Å². The first-order valence-electron chi connectivity index (χ1n) is 8.03. The number of amides is 1. The molecule has 26 heavy (non-hydrogen) atoms. The van der Waals surface area contributed by atoms with E-state index in [0.29, 0.717) is 24.5 Å². The summed E-state index contributed by atoms with van der Waals surface area (Å²) in [5, 5.41) is 14.9. The highest BCUT2D eigenvalue weighted by atomic mass is 32.1. The van der Waals surface area contributed by atoms with Crippen LogP contribution in [0.5, 0.6) is 0 Å². The van der Waals surface area contributed by atoms with Gasteiger partial charge in [-0.2, -0.15) is 23.5 Å². The quantitative estimate of drug-likeness (QED) is 0.817. The van der Waals surface area contributed by atoms with Crippen LogP contribution in [0.25, 0.3) is 0 Å². The maximum Gasteiger partial charge on any atom is 0.435 e. The van der Waals surface area contributed by atoms with Crippen LogP contribution in [0.4, 0.5) is 13.2 Å². The minimum atomic E-state index is -4.52. The third-order valence-corrected chi connectivity index (χ3v) is 5.40. The summed E-state index contributed by atoms with van der Waals surface area (Å²) in [7, 11) is 0. The highest BCUT2D eigenvalue weighted by Gasteiger charge is 2.35. The van der Waals surface area contributed by atoms with E-state index in [4.69, 9.17) is 5.26 Å². The molecule has 0 bridgehead atoms. The second-order valence-corrected chi connectivity index (χ2v) is 7.05. The van der Waals surface area contributed by atoms with Crippen LogP contribution in [0.1, 0.15) is 40.8 Å². The number of carbonyl (C=O) groups is 1. The molecule has 0 saturated carbocycles. The molecule has 0 aliphatic carbocycles. The minimum absolute atomic E-state index is 0.203. The monoisotopic (exact) mass is 383 g/mol. The summed E-state index contributed by atoms with van der Waals surface area (Å²) in [6.07, 6.45) is -3.08. The molecule has 1 aliphatic rings. The summed E-state index contributed by atoms with van der Waals surface area (Å²) in [6.45, 7) is 2.31. The number of rotatable bonds is 3. The van der Waals surface area contributed by atoms with Crippen molar-refractivity contribution in [1.82, 2.24) is 19.7 Å². The lowest BCUT2D eigenvalue weighted by molar-refractivity contribution is -0.142. The van der Waals surface area contributed by atoms with Crippen molar-refractivity contribution >= 4 is 17.2 Å². The van der Waals surface area contributed by atoms with Crippen LogP contribution in [-0.2, 0) is 17.5 Å². The summed E-state index contributed by atoms with van der Waals surface area (Å²) in [4.78, 5) is 18.3. The SMILES string of the molecule is Cc1cc(C(F)(F)F)nn1CC(=O)N1CCC(c2nc(C#N)cs2)CC1. The Morgan fingerprint density at radius 3 is 2.65 bits per heavy atom. The lowest BCUT2D eigenvalue weighted by Gasteiger charge is -2.31. The molecular weight excluding hydrogens is 367 g/mol. The summed E-state index contributed by atoms with van der Waals surface area (Å²) < 4.78 is 39.2. The summed E-state index contributed by atoms with van der Waals surface area (Å²) in [6, 6.07) is 2.94. The van der Waals surface area contributed by atoms with E-state index in [1.807, 2.05) is 6.07 Å². The Morgan fingerprint density at radius 2 is 2.12 bits per heavy atom. The Bertz CT molecular complexity index is 843. The number of piperidine rings is 1. The van der Waals surface area contributed by atoms with Gasteiger partial charge in [0.25, 0.3) is 0 Å². The zero-order valence-electron chi connectivity index (χ0n) is 14.0. The highest BCUT2D eigenvalue weighted by Crippen LogP contribution is 2.31. The maximum absolute atomic E-state index is 12.7. The normalized spacial score (nSPS) is 15.9. The summed E-state index contributed by atoms with van der Waals surface area (Å²) in [5.41, 5.74) is -0.288. The minimum Gasteiger partial charge on any atom is -0.341 e. The van der Waals surface area contributed by atoms with Crippen LogP contribution in [0.15, 0.2) is 11.4 Å². The molecule has 1 fully saturated rings. The first-order valence-corrected chi connectivity index (χ1v) is 8.91. The molecule has 0 spiro atoms. The number of aromatic nitrogens is 3. The van der Waals surface area contributed by atoms with Crippen molar-refractivity contribution in [3.05, 3.63) is 33.5 Å². The molecule has 0 atom stereocenters. The number of nitriles is 1. The molecule has 0 N–H and O–H groups in total. The average Bonchev–Trinajstić information content (AvgIpc) is 3.22. The van der Waals surface area contributed by atoms with Gasteiger partial charge in [-0.25, -0.2) is 4.98 Å². The zero-order chi connectivity index (χ0) is 18.9. The first-order chi connectivity index (χ1) is 12.3. The van der Waals surface area contributed by atoms with Crippen LogP contribution < -0.4 is 0 Å². The number of likely N-dealkylation sites (tertiary alicyclic amines) is 1. The van der Waals surface area contributed by atoms with Crippen LogP contribution in [0.3, 0.4) is 0 Å². The molecular formula is C16H16F3N5OS. The molecule has 138 valence electrons. The van der Waals surface area contributed by atoms with Crippen molar-refractivity contribution in [2.24, 2.45) is 0 Å². The first kappa shape index (κ1) is 18.4. The lowest BCUT2D eigenvalue weighted by atomic mass is 9.97. The van der Waals surface area contributed by atoms with Crippen LogP contribution in [0.2, 0.25) is 0 Å². The average molecular weight is 383 g/mol. The number of hydrogen-bond acceptors (Lipinski definition) is 5. The number of halogens is 3. The lowest BCUT2D eigenvalue weighted by Crippen LogP contribution is -2.40. The second-order valence-electron chi connectivity index (χ2n) is 6.16. The Labute approximate surface area is 151 Å². The van der Waals surface area contributed by atoms with E-state index in [1.54, 1.807) is 10.3 Å². The van der Waals surface area contributed by atoms with E-state index in [2.05, 4.69) is 10.1 Å². The van der Waals surface area contributed by atoms with Gasteiger partial charge in [0.1, 0.15) is 12.6 Å². The van der Waals surface area contributed by atoms with Crippen molar-refractivity contribution in [3.63, 3.8) is 0 Å². The molecule has 1 saturated heterocycles. The number of carbonyl (C=O) groups excluding carboxylic acids is 1. The number of aryl methyl sites for hydroxylation is 1. The molecule has 0 aromatic carbocycles. The fourth-order valence-corrected chi connectivity index (χ4v) is 3.86. The molecule has 3 heterocycles. The van der Waals surface area contributed by atoms with Crippen LogP contribution >= 0.6 is 11.3 Å². The van der Waals surface area contributed by atoms with Gasteiger partial charge in [0.2, 0.25) is 5.91 Å². The maximum atomic E-state index is 12.7. The van der Waals surface area contributed by atoms with Crippen molar-refractivity contribution in [2.45, 2.75) is 38.4 Å². The number of alkyl halides is 3. The van der Waals surface area contributed by atoms with E-state index >= 15 is 0 Å². The largest absolute Gasteiger partial charge is 0.435 e. The Balaban J connectivity index is 1.59. The Hall–Kier alpha value is -2.41. The molecule has 2 aromatic heterocycles. The van der Waals surface area contributed by atoms with Gasteiger partial charge in [0.05, 0.1) is 5.01 Å². The van der Waals surface area contributed by atoms with E-state index in [9.17, 15) is 18.0 Å². The van der Waals surface area contributed by atoms with E-state index in [1.165, 1.54) is 18.3 Å². The summed E-state index contributed by atoms with van der Waals surface area (Å²) in [5.74, 6) is -0.0466. The highest BCUT2D eigenvalue weighted by molar-refractivity contribution is 7.09. The number of nitrogens with zero attached hydrogens (tertiary/aromatic N) is 5. The van der Waals surface area contributed by atoms with Gasteiger partial charge in [-0.1, -0.05) is 0 Å². The topological polar surface area (TPSA) is 74.8 Å². The van der Waals surface area contributed by atoms with E-state index in [-0.39, 0.29) is 18.4 Å². The third-order valence-electron chi connectivity index (χ3n) is 4.39. The van der Waals surface area contributed by atoms with Gasteiger partial charge >= 0.3 is 6.18 Å². The van der Waals surface area contributed by atoms with Gasteiger partial charge in [0, 0.05) is 30.1 Å². The molecule has 6 nitrogen and oxygen atoms in total. The molecule has 2 aromatic rings. The van der Waals surface area contributed by atoms with Crippen LogP contribution in [-0.4, -0.2) is 38.7 Å². The number of thiazole rings is 1. The predicted molar refractivity (Wildman–Crippen MR) is 87.4 cm³/mol. The summed E-state index contributed by atoms with van der Waals surface area (Å²) >= 11 is 1.44. The number of hydrogen-bond donors (Lipinski definition) is 0. The van der Waals surface area contributed by atoms with E-state index < -0.39 is 11.9 Å². The van der Waals surface area contributed by atoms with Crippen LogP contribution in [0, 0.1) is 18.3 Å². The van der Waals surface area contributed by atoms with Crippen molar-refractivity contribution < 1.29 is 18.0 Å². The zero-order valence-corrected chi connectivity index (χ0v) is 14.8. The Morgan fingerprint density at radius 1 is 1.42 bits per heavy atom. The standard InChI is InChI=1S/C16H16F3N5OS/c1-10-6-13(16(17,18)19)22-24(10)8-14(25)23-4-2-11(3-5-23)15-21-12(7-20)9-26-15/h6,9,11H,2-5,8H2,1H3. The molecule has 3 rings (SSSR count). The predicted octanol–water partition coefficient (Wildman–Crippen LogP) is 2.94. The van der Waals surface area contributed by atoms with Crippen molar-refractivity contribution in [1.29, 1.82) is 5.26 Å².